The smallest absolute Gasteiger partial charge is 0.316 e. The maximum atomic E-state index is 5.96. The van der Waals surface area contributed by atoms with Gasteiger partial charge in [0.25, 0.3) is 5.89 Å². The lowest BCUT2D eigenvalue weighted by Gasteiger charge is -2.42. The molecule has 3 fully saturated rings. The summed E-state index contributed by atoms with van der Waals surface area (Å²) in [7, 11) is 0. The number of pyridine rings is 1. The second kappa shape index (κ2) is 6.99. The number of anilines is 1. The third-order valence-corrected chi connectivity index (χ3v) is 7.02. The number of ether oxygens (including phenoxy) is 2. The topological polar surface area (TPSA) is 82.3 Å². The number of hydrogen-bond donors (Lipinski definition) is 1. The summed E-state index contributed by atoms with van der Waals surface area (Å²) in [5, 5.41) is 13.1. The zero-order valence-corrected chi connectivity index (χ0v) is 19.2. The van der Waals surface area contributed by atoms with Crippen molar-refractivity contribution in [2.45, 2.75) is 76.4 Å². The summed E-state index contributed by atoms with van der Waals surface area (Å²) in [6, 6.07) is 7.43. The fourth-order valence-electron chi connectivity index (χ4n) is 5.02. The van der Waals surface area contributed by atoms with E-state index < -0.39 is 0 Å². The second-order valence-electron chi connectivity index (χ2n) is 10.8. The first-order valence-corrected chi connectivity index (χ1v) is 11.6. The van der Waals surface area contributed by atoms with Crippen molar-refractivity contribution in [1.29, 1.82) is 0 Å². The van der Waals surface area contributed by atoms with Crippen molar-refractivity contribution < 1.29 is 13.9 Å². The number of aryl methyl sites for hydroxylation is 1. The van der Waals surface area contributed by atoms with Crippen LogP contribution in [0.4, 0.5) is 6.01 Å². The molecule has 1 aliphatic heterocycles. The highest BCUT2D eigenvalue weighted by molar-refractivity contribution is 5.88. The molecule has 7 heteroatoms. The second-order valence-corrected chi connectivity index (χ2v) is 10.8. The van der Waals surface area contributed by atoms with Crippen molar-refractivity contribution in [3.63, 3.8) is 0 Å². The average molecular weight is 435 g/mol. The van der Waals surface area contributed by atoms with Crippen LogP contribution in [-0.2, 0) is 14.9 Å². The third-order valence-electron chi connectivity index (χ3n) is 7.02. The molecule has 0 amide bonds. The Morgan fingerprint density at radius 1 is 1.09 bits per heavy atom. The van der Waals surface area contributed by atoms with Gasteiger partial charge in [-0.05, 0) is 72.8 Å². The molecule has 1 aromatic carbocycles. The number of nitrogens with zero attached hydrogens (tertiary/aromatic N) is 3. The first kappa shape index (κ1) is 20.1. The van der Waals surface area contributed by atoms with Crippen LogP contribution < -0.4 is 5.32 Å². The lowest BCUT2D eigenvalue weighted by atomic mass is 9.76. The fraction of sp³-hybridized carbons (Fsp3) is 0.560. The van der Waals surface area contributed by atoms with Crippen molar-refractivity contribution >= 4 is 16.9 Å². The van der Waals surface area contributed by atoms with E-state index in [1.54, 1.807) is 0 Å². The monoisotopic (exact) mass is 434 g/mol. The summed E-state index contributed by atoms with van der Waals surface area (Å²) in [4.78, 5) is 5.02. The Labute approximate surface area is 187 Å². The van der Waals surface area contributed by atoms with Crippen molar-refractivity contribution in [1.82, 2.24) is 15.2 Å². The van der Waals surface area contributed by atoms with Gasteiger partial charge in [-0.15, -0.1) is 5.10 Å². The average Bonchev–Trinajstić information content (AvgIpc) is 3.26. The van der Waals surface area contributed by atoms with Crippen molar-refractivity contribution in [2.75, 3.05) is 18.7 Å². The van der Waals surface area contributed by atoms with E-state index in [9.17, 15) is 0 Å². The SMILES string of the molecule is Cc1cc(-c2nnc(NC3CC4(COCO4)C3)o2)nc2c(C(C)(C)C)cc(C3CC3)cc12. The molecule has 32 heavy (non-hydrogen) atoms. The van der Waals surface area contributed by atoms with Crippen LogP contribution in [0, 0.1) is 6.92 Å². The van der Waals surface area contributed by atoms with Gasteiger partial charge in [0.15, 0.2) is 0 Å². The van der Waals surface area contributed by atoms with E-state index in [0.717, 1.165) is 24.1 Å². The van der Waals surface area contributed by atoms with Crippen LogP contribution in [0.5, 0.6) is 0 Å². The summed E-state index contributed by atoms with van der Waals surface area (Å²) in [6.07, 6.45) is 4.35. The summed E-state index contributed by atoms with van der Waals surface area (Å²) >= 11 is 0. The van der Waals surface area contributed by atoms with Gasteiger partial charge < -0.3 is 19.2 Å². The lowest BCUT2D eigenvalue weighted by Crippen LogP contribution is -2.52. The highest BCUT2D eigenvalue weighted by Crippen LogP contribution is 2.44. The Hall–Kier alpha value is -2.51. The maximum absolute atomic E-state index is 5.96. The van der Waals surface area contributed by atoms with Gasteiger partial charge in [-0.25, -0.2) is 4.98 Å². The number of benzene rings is 1. The van der Waals surface area contributed by atoms with E-state index >= 15 is 0 Å². The molecule has 1 spiro atoms. The molecular weight excluding hydrogens is 404 g/mol. The molecule has 0 bridgehead atoms. The van der Waals surface area contributed by atoms with E-state index in [2.05, 4.69) is 61.4 Å². The van der Waals surface area contributed by atoms with Crippen LogP contribution in [0.1, 0.15) is 69.1 Å². The molecule has 7 nitrogen and oxygen atoms in total. The Morgan fingerprint density at radius 3 is 2.59 bits per heavy atom. The highest BCUT2D eigenvalue weighted by atomic mass is 16.7. The molecule has 1 saturated heterocycles. The minimum atomic E-state index is -0.125. The van der Waals surface area contributed by atoms with Gasteiger partial charge in [-0.2, -0.15) is 0 Å². The molecule has 168 valence electrons. The van der Waals surface area contributed by atoms with Gasteiger partial charge in [0.1, 0.15) is 12.5 Å². The van der Waals surface area contributed by atoms with Crippen LogP contribution in [0.2, 0.25) is 0 Å². The molecule has 0 unspecified atom stereocenters. The molecule has 0 radical (unpaired) electrons. The summed E-state index contributed by atoms with van der Waals surface area (Å²) in [5.41, 5.74) is 5.53. The van der Waals surface area contributed by atoms with Crippen LogP contribution in [0.3, 0.4) is 0 Å². The number of hydrogen-bond acceptors (Lipinski definition) is 7. The van der Waals surface area contributed by atoms with Gasteiger partial charge in [0.2, 0.25) is 0 Å². The Kier molecular flexibility index (Phi) is 4.40. The summed E-state index contributed by atoms with van der Waals surface area (Å²) in [6.45, 7) is 9.95. The van der Waals surface area contributed by atoms with Gasteiger partial charge >= 0.3 is 6.01 Å². The maximum Gasteiger partial charge on any atom is 0.316 e. The van der Waals surface area contributed by atoms with E-state index in [1.165, 1.54) is 34.9 Å². The van der Waals surface area contributed by atoms with Gasteiger partial charge in [-0.1, -0.05) is 31.9 Å². The predicted molar refractivity (Wildman–Crippen MR) is 122 cm³/mol. The molecule has 2 saturated carbocycles. The molecular formula is C25H30N4O3. The normalized spacial score (nSPS) is 25.4. The van der Waals surface area contributed by atoms with Crippen molar-refractivity contribution in [3.05, 3.63) is 34.9 Å². The molecule has 2 aliphatic carbocycles. The molecule has 2 aromatic heterocycles. The Morgan fingerprint density at radius 2 is 1.91 bits per heavy atom. The standard InChI is InChI=1S/C25H30N4O3/c1-14-7-20(22-28-29-23(32-22)26-17-10-25(11-17)12-30-13-31-25)27-21-18(14)8-16(15-5-6-15)9-19(21)24(2,3)4/h7-9,15,17H,5-6,10-13H2,1-4H3,(H,26,29). The molecule has 3 heterocycles. The van der Waals surface area contributed by atoms with Crippen molar-refractivity contribution in [3.8, 4) is 11.6 Å². The largest absolute Gasteiger partial charge is 0.402 e. The van der Waals surface area contributed by atoms with Crippen LogP contribution in [0.25, 0.3) is 22.5 Å². The Bertz CT molecular complexity index is 1180. The predicted octanol–water partition coefficient (Wildman–Crippen LogP) is 5.09. The van der Waals surface area contributed by atoms with Crippen LogP contribution >= 0.6 is 0 Å². The van der Waals surface area contributed by atoms with Crippen molar-refractivity contribution in [2.24, 2.45) is 0 Å². The summed E-state index contributed by atoms with van der Waals surface area (Å²) in [5.74, 6) is 1.15. The summed E-state index contributed by atoms with van der Waals surface area (Å²) < 4.78 is 17.0. The van der Waals surface area contributed by atoms with E-state index in [4.69, 9.17) is 18.9 Å². The number of fused-ring (bicyclic) bond motifs is 1. The zero-order chi connectivity index (χ0) is 22.1. The zero-order valence-electron chi connectivity index (χ0n) is 19.2. The number of aromatic nitrogens is 3. The minimum absolute atomic E-state index is 0.00498. The number of rotatable bonds is 4. The fourth-order valence-corrected chi connectivity index (χ4v) is 5.02. The molecule has 3 aliphatic rings. The molecule has 1 N–H and O–H groups in total. The van der Waals surface area contributed by atoms with Gasteiger partial charge in [0.05, 0.1) is 17.7 Å². The first-order valence-electron chi connectivity index (χ1n) is 11.6. The molecule has 0 atom stereocenters. The first-order chi connectivity index (χ1) is 15.3. The third kappa shape index (κ3) is 3.48. The Balaban J connectivity index is 1.31. The van der Waals surface area contributed by atoms with Crippen LogP contribution in [-0.4, -0.2) is 40.2 Å². The minimum Gasteiger partial charge on any atom is -0.402 e. The van der Waals surface area contributed by atoms with Crippen LogP contribution in [0.15, 0.2) is 22.6 Å². The van der Waals surface area contributed by atoms with E-state index in [1.807, 2.05) is 0 Å². The molecule has 3 aromatic rings. The van der Waals surface area contributed by atoms with E-state index in [-0.39, 0.29) is 17.1 Å². The highest BCUT2D eigenvalue weighted by Gasteiger charge is 2.49. The quantitative estimate of drug-likeness (QED) is 0.613. The molecule has 6 rings (SSSR count). The van der Waals surface area contributed by atoms with Gasteiger partial charge in [-0.3, -0.25) is 0 Å². The van der Waals surface area contributed by atoms with Gasteiger partial charge in [0, 0.05) is 11.4 Å². The number of nitrogens with one attached hydrogen (secondary N) is 1. The lowest BCUT2D eigenvalue weighted by molar-refractivity contribution is -0.0619. The van der Waals surface area contributed by atoms with E-state index in [0.29, 0.717) is 31.2 Å².